The van der Waals surface area contributed by atoms with Crippen LogP contribution in [0.5, 0.6) is 11.5 Å². The number of carbonyl (C=O) groups is 2. The molecule has 0 bridgehead atoms. The van der Waals surface area contributed by atoms with Crippen molar-refractivity contribution in [1.82, 2.24) is 5.32 Å². The lowest BCUT2D eigenvalue weighted by Gasteiger charge is -2.22. The number of nitrogens with one attached hydrogen (secondary N) is 1. The van der Waals surface area contributed by atoms with Gasteiger partial charge in [0.15, 0.2) is 12.2 Å². The first-order valence-electron chi connectivity index (χ1n) is 8.64. The van der Waals surface area contributed by atoms with Gasteiger partial charge in [-0.3, -0.25) is 9.59 Å². The van der Waals surface area contributed by atoms with Gasteiger partial charge >= 0.3 is 0 Å². The molecule has 0 radical (unpaired) electrons. The molecule has 0 spiro atoms. The summed E-state index contributed by atoms with van der Waals surface area (Å²) < 4.78 is 11.8. The number of amides is 1. The zero-order chi connectivity index (χ0) is 18.5. The van der Waals surface area contributed by atoms with Crippen LogP contribution in [0.2, 0.25) is 0 Å². The number of nitrogens with two attached hydrogens (primary N) is 1. The fourth-order valence-corrected chi connectivity index (χ4v) is 2.87. The van der Waals surface area contributed by atoms with E-state index in [0.717, 1.165) is 5.56 Å². The van der Waals surface area contributed by atoms with Crippen molar-refractivity contribution in [3.05, 3.63) is 59.7 Å². The first-order valence-corrected chi connectivity index (χ1v) is 8.64. The third-order valence-corrected chi connectivity index (χ3v) is 4.29. The van der Waals surface area contributed by atoms with E-state index in [1.807, 2.05) is 37.3 Å². The van der Waals surface area contributed by atoms with Gasteiger partial charge in [0, 0.05) is 24.2 Å². The second kappa shape index (κ2) is 8.01. The molecular formula is C20H22N2O4. The van der Waals surface area contributed by atoms with Gasteiger partial charge < -0.3 is 20.5 Å². The third-order valence-electron chi connectivity index (χ3n) is 4.29. The molecule has 0 saturated heterocycles. The molecule has 2 unspecified atom stereocenters. The van der Waals surface area contributed by atoms with Crippen LogP contribution >= 0.6 is 0 Å². The van der Waals surface area contributed by atoms with E-state index in [2.05, 4.69) is 5.32 Å². The fraction of sp³-hybridized carbons (Fsp3) is 0.300. The summed E-state index contributed by atoms with van der Waals surface area (Å²) in [5, 5.41) is 3.21. The van der Waals surface area contributed by atoms with Crippen molar-refractivity contribution in [1.29, 1.82) is 0 Å². The zero-order valence-corrected chi connectivity index (χ0v) is 14.6. The van der Waals surface area contributed by atoms with Crippen LogP contribution in [-0.4, -0.2) is 30.4 Å². The minimum absolute atomic E-state index is 0.138. The van der Waals surface area contributed by atoms with Gasteiger partial charge in [0.1, 0.15) is 11.5 Å². The highest BCUT2D eigenvalue weighted by Gasteiger charge is 2.31. The van der Waals surface area contributed by atoms with Crippen LogP contribution in [0.25, 0.3) is 0 Å². The van der Waals surface area contributed by atoms with E-state index in [-0.39, 0.29) is 5.78 Å². The molecule has 1 aliphatic heterocycles. The SMILES string of the molecule is CCC(Oc1ccccc1)C(=O)C1CNCc2ccc(C(N)=O)cc2O1. The van der Waals surface area contributed by atoms with Crippen molar-refractivity contribution >= 4 is 11.7 Å². The first-order chi connectivity index (χ1) is 12.6. The Bertz CT molecular complexity index is 792. The number of benzene rings is 2. The Kier molecular flexibility index (Phi) is 5.53. The molecule has 3 rings (SSSR count). The normalized spacial score (nSPS) is 17.3. The summed E-state index contributed by atoms with van der Waals surface area (Å²) in [6.07, 6.45) is -0.778. The highest BCUT2D eigenvalue weighted by Crippen LogP contribution is 2.25. The van der Waals surface area contributed by atoms with Gasteiger partial charge in [-0.15, -0.1) is 0 Å². The van der Waals surface area contributed by atoms with Crippen LogP contribution in [0.3, 0.4) is 0 Å². The quantitative estimate of drug-likeness (QED) is 0.829. The molecule has 0 saturated carbocycles. The van der Waals surface area contributed by atoms with Gasteiger partial charge in [-0.25, -0.2) is 0 Å². The predicted octanol–water partition coefficient (Wildman–Crippen LogP) is 2.06. The van der Waals surface area contributed by atoms with E-state index in [0.29, 0.717) is 36.6 Å². The number of hydrogen-bond acceptors (Lipinski definition) is 5. The number of rotatable bonds is 6. The zero-order valence-electron chi connectivity index (χ0n) is 14.6. The Labute approximate surface area is 152 Å². The van der Waals surface area contributed by atoms with E-state index in [1.165, 1.54) is 0 Å². The molecule has 26 heavy (non-hydrogen) atoms. The van der Waals surface area contributed by atoms with Crippen LogP contribution in [0.15, 0.2) is 48.5 Å². The second-order valence-corrected chi connectivity index (χ2v) is 6.15. The highest BCUT2D eigenvalue weighted by molar-refractivity contribution is 5.93. The molecular weight excluding hydrogens is 332 g/mol. The van der Waals surface area contributed by atoms with Gasteiger partial charge in [0.05, 0.1) is 0 Å². The average Bonchev–Trinajstić information content (AvgIpc) is 2.88. The van der Waals surface area contributed by atoms with Crippen molar-refractivity contribution in [2.24, 2.45) is 5.73 Å². The molecule has 1 amide bonds. The van der Waals surface area contributed by atoms with Crippen LogP contribution in [0.4, 0.5) is 0 Å². The standard InChI is InChI=1S/C20H22N2O4/c1-2-16(25-15-6-4-3-5-7-15)19(23)18-12-22-11-14-9-8-13(20(21)24)10-17(14)26-18/h3-10,16,18,22H,2,11-12H2,1H3,(H2,21,24). The molecule has 0 fully saturated rings. The molecule has 2 aromatic rings. The molecule has 1 heterocycles. The highest BCUT2D eigenvalue weighted by atomic mass is 16.5. The molecule has 0 aromatic heterocycles. The topological polar surface area (TPSA) is 90.6 Å². The number of primary amides is 1. The Balaban J connectivity index is 1.78. The number of hydrogen-bond donors (Lipinski definition) is 2. The summed E-state index contributed by atoms with van der Waals surface area (Å²) in [6, 6.07) is 14.3. The Hall–Kier alpha value is -2.86. The third kappa shape index (κ3) is 4.03. The molecule has 0 aliphatic carbocycles. The van der Waals surface area contributed by atoms with Crippen LogP contribution < -0.4 is 20.5 Å². The fourth-order valence-electron chi connectivity index (χ4n) is 2.87. The van der Waals surface area contributed by atoms with E-state index in [4.69, 9.17) is 15.2 Å². The molecule has 6 heteroatoms. The molecule has 136 valence electrons. The van der Waals surface area contributed by atoms with Gasteiger partial charge in [-0.1, -0.05) is 31.2 Å². The molecule has 2 atom stereocenters. The van der Waals surface area contributed by atoms with E-state index in [1.54, 1.807) is 18.2 Å². The summed E-state index contributed by atoms with van der Waals surface area (Å²) in [4.78, 5) is 24.3. The Morgan fingerprint density at radius 3 is 2.73 bits per heavy atom. The average molecular weight is 354 g/mol. The van der Waals surface area contributed by atoms with Crippen LogP contribution in [-0.2, 0) is 11.3 Å². The maximum absolute atomic E-state index is 12.9. The molecule has 3 N–H and O–H groups in total. The number of carbonyl (C=O) groups excluding carboxylic acids is 2. The number of ketones is 1. The van der Waals surface area contributed by atoms with E-state index >= 15 is 0 Å². The summed E-state index contributed by atoms with van der Waals surface area (Å²) in [5.74, 6) is 0.474. The van der Waals surface area contributed by atoms with Gasteiger partial charge in [0.2, 0.25) is 11.7 Å². The number of ether oxygens (including phenoxy) is 2. The Morgan fingerprint density at radius 2 is 2.04 bits per heavy atom. The van der Waals surface area contributed by atoms with Crippen molar-refractivity contribution in [3.8, 4) is 11.5 Å². The van der Waals surface area contributed by atoms with Gasteiger partial charge in [-0.05, 0) is 30.7 Å². The second-order valence-electron chi connectivity index (χ2n) is 6.15. The number of para-hydroxylation sites is 1. The number of fused-ring (bicyclic) bond motifs is 1. The lowest BCUT2D eigenvalue weighted by Crippen LogP contribution is -2.43. The largest absolute Gasteiger partial charge is 0.483 e. The first kappa shape index (κ1) is 17.9. The summed E-state index contributed by atoms with van der Waals surface area (Å²) >= 11 is 0. The van der Waals surface area contributed by atoms with Crippen molar-refractivity contribution < 1.29 is 19.1 Å². The predicted molar refractivity (Wildman–Crippen MR) is 97.2 cm³/mol. The smallest absolute Gasteiger partial charge is 0.248 e. The summed E-state index contributed by atoms with van der Waals surface area (Å²) in [6.45, 7) is 2.82. The summed E-state index contributed by atoms with van der Waals surface area (Å²) in [7, 11) is 0. The molecule has 6 nitrogen and oxygen atoms in total. The molecule has 1 aliphatic rings. The van der Waals surface area contributed by atoms with Gasteiger partial charge in [0.25, 0.3) is 0 Å². The van der Waals surface area contributed by atoms with Crippen LogP contribution in [0, 0.1) is 0 Å². The van der Waals surface area contributed by atoms with Crippen LogP contribution in [0.1, 0.15) is 29.3 Å². The Morgan fingerprint density at radius 1 is 1.27 bits per heavy atom. The lowest BCUT2D eigenvalue weighted by molar-refractivity contribution is -0.132. The molecule has 2 aromatic carbocycles. The summed E-state index contributed by atoms with van der Waals surface area (Å²) in [5.41, 5.74) is 6.57. The van der Waals surface area contributed by atoms with Crippen molar-refractivity contribution in [3.63, 3.8) is 0 Å². The monoisotopic (exact) mass is 354 g/mol. The number of Topliss-reactive ketones (excluding diaryl/α,β-unsaturated/α-hetero) is 1. The maximum atomic E-state index is 12.9. The van der Waals surface area contributed by atoms with Crippen molar-refractivity contribution in [2.45, 2.75) is 32.1 Å². The minimum Gasteiger partial charge on any atom is -0.483 e. The van der Waals surface area contributed by atoms with E-state index < -0.39 is 18.1 Å². The lowest BCUT2D eigenvalue weighted by atomic mass is 10.1. The van der Waals surface area contributed by atoms with Crippen molar-refractivity contribution in [2.75, 3.05) is 6.54 Å². The van der Waals surface area contributed by atoms with Gasteiger partial charge in [-0.2, -0.15) is 0 Å². The van der Waals surface area contributed by atoms with E-state index in [9.17, 15) is 9.59 Å². The maximum Gasteiger partial charge on any atom is 0.248 e. The minimum atomic E-state index is -0.701.